The van der Waals surface area contributed by atoms with Crippen molar-refractivity contribution in [1.29, 1.82) is 0 Å². The molecule has 0 unspecified atom stereocenters. The molecule has 1 atom stereocenters. The lowest BCUT2D eigenvalue weighted by Crippen LogP contribution is -2.41. The molecule has 1 aromatic carbocycles. The van der Waals surface area contributed by atoms with Gasteiger partial charge in [0.15, 0.2) is 5.82 Å². The van der Waals surface area contributed by atoms with Crippen molar-refractivity contribution in [1.82, 2.24) is 19.3 Å². The van der Waals surface area contributed by atoms with Crippen molar-refractivity contribution in [3.05, 3.63) is 79.0 Å². The highest BCUT2D eigenvalue weighted by Crippen LogP contribution is 2.31. The Morgan fingerprint density at radius 3 is 2.84 bits per heavy atom. The van der Waals surface area contributed by atoms with E-state index in [9.17, 15) is 19.5 Å². The molecule has 0 bridgehead atoms. The first-order valence-corrected chi connectivity index (χ1v) is 10.1. The van der Waals surface area contributed by atoms with Crippen LogP contribution in [0.1, 0.15) is 38.6 Å². The maximum Gasteiger partial charge on any atom is 0.331 e. The van der Waals surface area contributed by atoms with Crippen LogP contribution in [-0.2, 0) is 20.0 Å². The molecule has 0 saturated carbocycles. The van der Waals surface area contributed by atoms with Crippen molar-refractivity contribution in [2.45, 2.75) is 26.0 Å². The number of aliphatic hydroxyl groups is 1. The van der Waals surface area contributed by atoms with Crippen LogP contribution in [-0.4, -0.2) is 30.3 Å². The molecule has 3 heterocycles. The molecule has 31 heavy (non-hydrogen) atoms. The molecule has 160 valence electrons. The smallest absolute Gasteiger partial charge is 0.331 e. The van der Waals surface area contributed by atoms with Gasteiger partial charge < -0.3 is 15.4 Å². The van der Waals surface area contributed by atoms with E-state index in [2.05, 4.69) is 16.2 Å². The summed E-state index contributed by atoms with van der Waals surface area (Å²) < 4.78 is 8.13. The van der Waals surface area contributed by atoms with Gasteiger partial charge in [0.25, 0.3) is 11.5 Å². The van der Waals surface area contributed by atoms with Crippen molar-refractivity contribution < 1.29 is 14.4 Å². The number of benzene rings is 1. The molecule has 4 aromatic rings. The fourth-order valence-electron chi connectivity index (χ4n) is 3.19. The van der Waals surface area contributed by atoms with E-state index < -0.39 is 23.3 Å². The van der Waals surface area contributed by atoms with Crippen LogP contribution in [0, 0.1) is 6.92 Å². The third-order valence-corrected chi connectivity index (χ3v) is 6.03. The molecule has 0 aliphatic rings. The van der Waals surface area contributed by atoms with E-state index in [1.54, 1.807) is 0 Å². The Kier molecular flexibility index (Phi) is 5.29. The van der Waals surface area contributed by atoms with E-state index in [4.69, 9.17) is 10.3 Å². The second-order valence-corrected chi connectivity index (χ2v) is 8.31. The number of aryl methyl sites for hydroxylation is 1. The van der Waals surface area contributed by atoms with E-state index in [0.717, 1.165) is 35.9 Å². The van der Waals surface area contributed by atoms with Crippen LogP contribution in [0.3, 0.4) is 0 Å². The van der Waals surface area contributed by atoms with E-state index in [0.29, 0.717) is 0 Å². The number of amides is 1. The molecule has 3 N–H and O–H groups in total. The lowest BCUT2D eigenvalue weighted by Gasteiger charge is -2.06. The van der Waals surface area contributed by atoms with Gasteiger partial charge in [0.05, 0.1) is 6.10 Å². The Balaban J connectivity index is 1.54. The van der Waals surface area contributed by atoms with E-state index in [1.165, 1.54) is 18.4 Å². The van der Waals surface area contributed by atoms with Crippen molar-refractivity contribution in [2.75, 3.05) is 0 Å². The van der Waals surface area contributed by atoms with Crippen molar-refractivity contribution in [3.63, 3.8) is 0 Å². The molecule has 0 spiro atoms. The van der Waals surface area contributed by atoms with Gasteiger partial charge in [-0.15, -0.1) is 11.3 Å². The Bertz CT molecular complexity index is 1410. The Hall–Kier alpha value is -3.57. The van der Waals surface area contributed by atoms with Gasteiger partial charge in [0.2, 0.25) is 5.89 Å². The van der Waals surface area contributed by atoms with Crippen molar-refractivity contribution in [3.8, 4) is 0 Å². The van der Waals surface area contributed by atoms with Crippen LogP contribution in [0.2, 0.25) is 0 Å². The average Bonchev–Trinajstić information content (AvgIpc) is 3.34. The summed E-state index contributed by atoms with van der Waals surface area (Å²) in [5.74, 6) is -0.586. The number of nitrogens with zero attached hydrogens (tertiary/aromatic N) is 4. The minimum absolute atomic E-state index is 0.0883. The second-order valence-electron chi connectivity index (χ2n) is 7.20. The van der Waals surface area contributed by atoms with Crippen LogP contribution in [0.5, 0.6) is 0 Å². The summed E-state index contributed by atoms with van der Waals surface area (Å²) in [6, 6.07) is 8.02. The predicted molar refractivity (Wildman–Crippen MR) is 113 cm³/mol. The van der Waals surface area contributed by atoms with Gasteiger partial charge in [-0.2, -0.15) is 4.98 Å². The number of carbonyl (C=O) groups is 1. The molecule has 1 amide bonds. The summed E-state index contributed by atoms with van der Waals surface area (Å²) in [7, 11) is 1.25. The minimum Gasteiger partial charge on any atom is -0.387 e. The Morgan fingerprint density at radius 1 is 1.32 bits per heavy atom. The molecular formula is C20H19N5O5S. The molecule has 0 aliphatic carbocycles. The number of aliphatic hydroxyl groups excluding tert-OH is 1. The number of primary amides is 1. The second kappa shape index (κ2) is 7.93. The van der Waals surface area contributed by atoms with Gasteiger partial charge in [0.1, 0.15) is 12.1 Å². The third kappa shape index (κ3) is 4.05. The van der Waals surface area contributed by atoms with Crippen molar-refractivity contribution in [2.24, 2.45) is 12.8 Å². The van der Waals surface area contributed by atoms with Gasteiger partial charge in [0, 0.05) is 29.2 Å². The first-order valence-electron chi connectivity index (χ1n) is 9.33. The number of thiophene rings is 1. The Morgan fingerprint density at radius 2 is 2.10 bits per heavy atom. The molecule has 0 saturated heterocycles. The molecule has 0 fully saturated rings. The number of carbonyl (C=O) groups excluding carboxylic acids is 1. The number of aromatic nitrogens is 4. The summed E-state index contributed by atoms with van der Waals surface area (Å²) >= 11 is 1.50. The lowest BCUT2D eigenvalue weighted by atomic mass is 10.1. The zero-order chi connectivity index (χ0) is 22.3. The fraction of sp³-hybridized carbons (Fsp3) is 0.250. The topological polar surface area (TPSA) is 146 Å². The molecule has 0 aliphatic heterocycles. The monoisotopic (exact) mass is 441 g/mol. The third-order valence-electron chi connectivity index (χ3n) is 4.83. The molecule has 11 heteroatoms. The standard InChI is InChI=1S/C20H19N5O5S/c1-10-3-4-11-6-15(31-14(11)5-10)13(26)7-16-22-17(30-23-16)9-25-8-12(18(21)27)19(28)24(2)20(25)29/h3-6,8,13,26H,7,9H2,1-2H3,(H2,21,27)/t13-/m0/s1. The molecule has 4 rings (SSSR count). The largest absolute Gasteiger partial charge is 0.387 e. The van der Waals surface area contributed by atoms with Gasteiger partial charge in [-0.1, -0.05) is 17.3 Å². The van der Waals surface area contributed by atoms with Crippen LogP contribution in [0.15, 0.2) is 44.6 Å². The van der Waals surface area contributed by atoms with Crippen molar-refractivity contribution >= 4 is 27.3 Å². The summed E-state index contributed by atoms with van der Waals surface area (Å²) in [6.07, 6.45) is 0.388. The zero-order valence-electron chi connectivity index (χ0n) is 16.7. The predicted octanol–water partition coefficient (Wildman–Crippen LogP) is 0.876. The van der Waals surface area contributed by atoms with Crippen LogP contribution in [0.25, 0.3) is 10.1 Å². The molecule has 3 aromatic heterocycles. The van der Waals surface area contributed by atoms with Gasteiger partial charge in [-0.3, -0.25) is 18.7 Å². The average molecular weight is 441 g/mol. The highest BCUT2D eigenvalue weighted by Gasteiger charge is 2.18. The number of nitrogens with two attached hydrogens (primary N) is 1. The van der Waals surface area contributed by atoms with Gasteiger partial charge in [-0.05, 0) is 30.0 Å². The van der Waals surface area contributed by atoms with E-state index in [1.807, 2.05) is 25.1 Å². The summed E-state index contributed by atoms with van der Waals surface area (Å²) in [5.41, 5.74) is 4.59. The van der Waals surface area contributed by atoms with Gasteiger partial charge >= 0.3 is 5.69 Å². The van der Waals surface area contributed by atoms with Gasteiger partial charge in [-0.25, -0.2) is 4.79 Å². The normalized spacial score (nSPS) is 12.4. The maximum atomic E-state index is 12.3. The highest BCUT2D eigenvalue weighted by atomic mass is 32.1. The molecular weight excluding hydrogens is 422 g/mol. The molecule has 0 radical (unpaired) electrons. The summed E-state index contributed by atoms with van der Waals surface area (Å²) in [5, 5.41) is 15.5. The number of rotatable bonds is 6. The highest BCUT2D eigenvalue weighted by molar-refractivity contribution is 7.19. The maximum absolute atomic E-state index is 12.3. The first-order chi connectivity index (χ1) is 14.7. The molecule has 10 nitrogen and oxygen atoms in total. The lowest BCUT2D eigenvalue weighted by molar-refractivity contribution is 0.0997. The quantitative estimate of drug-likeness (QED) is 0.451. The number of hydrogen-bond donors (Lipinski definition) is 2. The SMILES string of the molecule is Cc1ccc2cc([C@@H](O)Cc3noc(Cn4cc(C(N)=O)c(=O)n(C)c4=O)n3)sc2c1. The minimum atomic E-state index is -0.942. The number of hydrogen-bond acceptors (Lipinski definition) is 8. The number of fused-ring (bicyclic) bond motifs is 1. The zero-order valence-corrected chi connectivity index (χ0v) is 17.5. The van der Waals surface area contributed by atoms with Crippen LogP contribution >= 0.6 is 11.3 Å². The van der Waals surface area contributed by atoms with Crippen LogP contribution in [0.4, 0.5) is 0 Å². The van der Waals surface area contributed by atoms with E-state index >= 15 is 0 Å². The van der Waals surface area contributed by atoms with E-state index in [-0.39, 0.29) is 30.2 Å². The fourth-order valence-corrected chi connectivity index (χ4v) is 4.34. The first kappa shape index (κ1) is 20.7. The summed E-state index contributed by atoms with van der Waals surface area (Å²) in [6.45, 7) is 1.86. The Labute approximate surface area is 179 Å². The van der Waals surface area contributed by atoms with Crippen LogP contribution < -0.4 is 17.0 Å². The summed E-state index contributed by atoms with van der Waals surface area (Å²) in [4.78, 5) is 40.7.